The molecule has 1 heterocycles. The highest BCUT2D eigenvalue weighted by Crippen LogP contribution is 2.21. The van der Waals surface area contributed by atoms with Crippen molar-refractivity contribution in [3.63, 3.8) is 0 Å². The molecule has 124 valence electrons. The Morgan fingerprint density at radius 1 is 1.12 bits per heavy atom. The van der Waals surface area contributed by atoms with Gasteiger partial charge in [-0.15, -0.1) is 0 Å². The van der Waals surface area contributed by atoms with Crippen LogP contribution in [0, 0.1) is 0 Å². The van der Waals surface area contributed by atoms with Crippen LogP contribution in [0.3, 0.4) is 0 Å². The number of nitrogens with one attached hydrogen (secondary N) is 1. The average molecular weight is 324 g/mol. The second kappa shape index (κ2) is 7.17. The Hall–Kier alpha value is -2.82. The summed E-state index contributed by atoms with van der Waals surface area (Å²) in [4.78, 5) is 25.6. The highest BCUT2D eigenvalue weighted by molar-refractivity contribution is 5.97. The molecule has 3 rings (SSSR count). The Morgan fingerprint density at radius 2 is 1.88 bits per heavy atom. The number of para-hydroxylation sites is 1. The van der Waals surface area contributed by atoms with Crippen LogP contribution in [-0.2, 0) is 11.2 Å². The van der Waals surface area contributed by atoms with E-state index in [0.29, 0.717) is 24.9 Å². The van der Waals surface area contributed by atoms with Crippen LogP contribution >= 0.6 is 0 Å². The summed E-state index contributed by atoms with van der Waals surface area (Å²) >= 11 is 0. The second-order valence-electron chi connectivity index (χ2n) is 5.83. The minimum Gasteiger partial charge on any atom is -0.508 e. The molecule has 5 nitrogen and oxygen atoms in total. The lowest BCUT2D eigenvalue weighted by Crippen LogP contribution is -2.26. The van der Waals surface area contributed by atoms with Gasteiger partial charge in [-0.1, -0.05) is 18.2 Å². The van der Waals surface area contributed by atoms with E-state index in [-0.39, 0.29) is 17.6 Å². The molecule has 1 fully saturated rings. The maximum atomic E-state index is 12.2. The fraction of sp³-hybridized carbons (Fsp3) is 0.263. The standard InChI is InChI=1S/C19H20N2O3/c22-17-5-2-1-4-14(17)11-12-20-19(24)15-7-9-16(10-8-15)21-13-3-6-18(21)23/h1-2,4-5,7-10,22H,3,6,11-13H2,(H,20,24). The topological polar surface area (TPSA) is 69.6 Å². The van der Waals surface area contributed by atoms with Crippen molar-refractivity contribution >= 4 is 17.5 Å². The van der Waals surface area contributed by atoms with E-state index in [1.54, 1.807) is 41.3 Å². The molecule has 1 aliphatic rings. The largest absolute Gasteiger partial charge is 0.508 e. The molecular formula is C19H20N2O3. The van der Waals surface area contributed by atoms with E-state index in [1.165, 1.54) is 0 Å². The number of phenolic OH excluding ortho intramolecular Hbond substituents is 1. The van der Waals surface area contributed by atoms with Crippen molar-refractivity contribution in [1.29, 1.82) is 0 Å². The van der Waals surface area contributed by atoms with Gasteiger partial charge in [0, 0.05) is 30.8 Å². The Kier molecular flexibility index (Phi) is 4.79. The summed E-state index contributed by atoms with van der Waals surface area (Å²) in [6, 6.07) is 14.2. The van der Waals surface area contributed by atoms with Crippen molar-refractivity contribution < 1.29 is 14.7 Å². The number of nitrogens with zero attached hydrogens (tertiary/aromatic N) is 1. The molecule has 2 aromatic rings. The normalized spacial score (nSPS) is 14.0. The van der Waals surface area contributed by atoms with Crippen LogP contribution in [0.1, 0.15) is 28.8 Å². The second-order valence-corrected chi connectivity index (χ2v) is 5.83. The summed E-state index contributed by atoms with van der Waals surface area (Å²) < 4.78 is 0. The Morgan fingerprint density at radius 3 is 2.54 bits per heavy atom. The molecule has 1 saturated heterocycles. The van der Waals surface area contributed by atoms with Crippen molar-refractivity contribution in [3.05, 3.63) is 59.7 Å². The van der Waals surface area contributed by atoms with E-state index < -0.39 is 0 Å². The first kappa shape index (κ1) is 16.1. The van der Waals surface area contributed by atoms with Gasteiger partial charge in [-0.05, 0) is 48.7 Å². The van der Waals surface area contributed by atoms with Gasteiger partial charge >= 0.3 is 0 Å². The van der Waals surface area contributed by atoms with Crippen LogP contribution in [0.15, 0.2) is 48.5 Å². The highest BCUT2D eigenvalue weighted by Gasteiger charge is 2.21. The monoisotopic (exact) mass is 324 g/mol. The van der Waals surface area contributed by atoms with E-state index in [9.17, 15) is 14.7 Å². The first-order chi connectivity index (χ1) is 11.6. The number of carbonyl (C=O) groups excluding carboxylic acids is 2. The summed E-state index contributed by atoms with van der Waals surface area (Å²) in [6.07, 6.45) is 2.04. The smallest absolute Gasteiger partial charge is 0.251 e. The molecular weight excluding hydrogens is 304 g/mol. The number of carbonyl (C=O) groups is 2. The maximum absolute atomic E-state index is 12.2. The minimum atomic E-state index is -0.162. The van der Waals surface area contributed by atoms with Crippen molar-refractivity contribution in [3.8, 4) is 5.75 Å². The molecule has 2 aromatic carbocycles. The van der Waals surface area contributed by atoms with Crippen molar-refractivity contribution in [2.45, 2.75) is 19.3 Å². The molecule has 1 aliphatic heterocycles. The summed E-state index contributed by atoms with van der Waals surface area (Å²) in [7, 11) is 0. The van der Waals surface area contributed by atoms with Crippen molar-refractivity contribution in [2.24, 2.45) is 0 Å². The third-order valence-corrected chi connectivity index (χ3v) is 4.19. The fourth-order valence-corrected chi connectivity index (χ4v) is 2.85. The molecule has 0 saturated carbocycles. The number of hydrogen-bond donors (Lipinski definition) is 2. The zero-order chi connectivity index (χ0) is 16.9. The van der Waals surface area contributed by atoms with Gasteiger partial charge in [-0.3, -0.25) is 9.59 Å². The average Bonchev–Trinajstić information content (AvgIpc) is 3.03. The molecule has 0 aromatic heterocycles. The quantitative estimate of drug-likeness (QED) is 0.888. The lowest BCUT2D eigenvalue weighted by Gasteiger charge is -2.15. The van der Waals surface area contributed by atoms with Gasteiger partial charge in [0.15, 0.2) is 0 Å². The van der Waals surface area contributed by atoms with E-state index in [4.69, 9.17) is 0 Å². The molecule has 0 aliphatic carbocycles. The summed E-state index contributed by atoms with van der Waals surface area (Å²) in [6.45, 7) is 1.19. The predicted molar refractivity (Wildman–Crippen MR) is 92.2 cm³/mol. The van der Waals surface area contributed by atoms with Gasteiger partial charge in [-0.25, -0.2) is 0 Å². The summed E-state index contributed by atoms with van der Waals surface area (Å²) in [5.74, 6) is 0.214. The minimum absolute atomic E-state index is 0.134. The molecule has 0 spiro atoms. The molecule has 5 heteroatoms. The summed E-state index contributed by atoms with van der Waals surface area (Å²) in [5.41, 5.74) is 2.20. The number of phenols is 1. The molecule has 0 radical (unpaired) electrons. The van der Waals surface area contributed by atoms with Gasteiger partial charge in [0.1, 0.15) is 5.75 Å². The number of rotatable bonds is 5. The SMILES string of the molecule is O=C(NCCc1ccccc1O)c1ccc(N2CCCC2=O)cc1. The Bertz CT molecular complexity index is 741. The fourth-order valence-electron chi connectivity index (χ4n) is 2.85. The van der Waals surface area contributed by atoms with Gasteiger partial charge in [0.05, 0.1) is 0 Å². The zero-order valence-electron chi connectivity index (χ0n) is 13.4. The van der Waals surface area contributed by atoms with E-state index in [1.807, 2.05) is 12.1 Å². The molecule has 0 atom stereocenters. The number of hydrogen-bond acceptors (Lipinski definition) is 3. The third-order valence-electron chi connectivity index (χ3n) is 4.19. The number of amides is 2. The van der Waals surface area contributed by atoms with E-state index >= 15 is 0 Å². The molecule has 0 bridgehead atoms. The van der Waals surface area contributed by atoms with Crippen LogP contribution in [0.2, 0.25) is 0 Å². The molecule has 2 N–H and O–H groups in total. The molecule has 0 unspecified atom stereocenters. The number of anilines is 1. The van der Waals surface area contributed by atoms with Gasteiger partial charge in [-0.2, -0.15) is 0 Å². The zero-order valence-corrected chi connectivity index (χ0v) is 13.4. The van der Waals surface area contributed by atoms with Crippen molar-refractivity contribution in [1.82, 2.24) is 5.32 Å². The number of aromatic hydroxyl groups is 1. The van der Waals surface area contributed by atoms with Gasteiger partial charge in [0.2, 0.25) is 5.91 Å². The molecule has 2 amide bonds. The van der Waals surface area contributed by atoms with Gasteiger partial charge < -0.3 is 15.3 Å². The Labute approximate surface area is 140 Å². The van der Waals surface area contributed by atoms with Gasteiger partial charge in [0.25, 0.3) is 5.91 Å². The first-order valence-corrected chi connectivity index (χ1v) is 8.10. The lowest BCUT2D eigenvalue weighted by molar-refractivity contribution is -0.117. The molecule has 24 heavy (non-hydrogen) atoms. The highest BCUT2D eigenvalue weighted by atomic mass is 16.3. The summed E-state index contributed by atoms with van der Waals surface area (Å²) in [5, 5.41) is 12.5. The Balaban J connectivity index is 1.55. The van der Waals surface area contributed by atoms with Crippen LogP contribution in [0.25, 0.3) is 0 Å². The third kappa shape index (κ3) is 3.56. The predicted octanol–water partition coefficient (Wildman–Crippen LogP) is 2.49. The lowest BCUT2D eigenvalue weighted by atomic mass is 10.1. The van der Waals surface area contributed by atoms with Crippen LogP contribution < -0.4 is 10.2 Å². The van der Waals surface area contributed by atoms with Crippen LogP contribution in [-0.4, -0.2) is 30.0 Å². The number of benzene rings is 2. The van der Waals surface area contributed by atoms with Crippen LogP contribution in [0.5, 0.6) is 5.75 Å². The van der Waals surface area contributed by atoms with Crippen LogP contribution in [0.4, 0.5) is 5.69 Å². The van der Waals surface area contributed by atoms with E-state index in [2.05, 4.69) is 5.32 Å². The van der Waals surface area contributed by atoms with E-state index in [0.717, 1.165) is 24.2 Å². The first-order valence-electron chi connectivity index (χ1n) is 8.10. The van der Waals surface area contributed by atoms with Crippen molar-refractivity contribution in [2.75, 3.05) is 18.0 Å². The maximum Gasteiger partial charge on any atom is 0.251 e.